The van der Waals surface area contributed by atoms with Gasteiger partial charge in [0.05, 0.1) is 7.11 Å². The van der Waals surface area contributed by atoms with E-state index in [2.05, 4.69) is 15.4 Å². The van der Waals surface area contributed by atoms with Crippen LogP contribution < -0.4 is 10.6 Å². The van der Waals surface area contributed by atoms with Gasteiger partial charge in [0.1, 0.15) is 5.60 Å². The fourth-order valence-corrected chi connectivity index (χ4v) is 1.43. The Bertz CT molecular complexity index is 245. The number of nitrogens with one attached hydrogen (secondary N) is 2. The molecule has 106 valence electrons. The van der Waals surface area contributed by atoms with Crippen molar-refractivity contribution in [3.63, 3.8) is 0 Å². The van der Waals surface area contributed by atoms with Crippen LogP contribution in [0.2, 0.25) is 0 Å². The molecule has 18 heavy (non-hydrogen) atoms. The lowest BCUT2D eigenvalue weighted by atomic mass is 10.1. The molecule has 0 aromatic heterocycles. The molecule has 1 atom stereocenters. The summed E-state index contributed by atoms with van der Waals surface area (Å²) in [6.45, 7) is 8.73. The molecule has 1 fully saturated rings. The van der Waals surface area contributed by atoms with Crippen molar-refractivity contribution in [2.45, 2.75) is 32.8 Å². The molecule has 0 saturated carbocycles. The molecule has 1 saturated heterocycles. The van der Waals surface area contributed by atoms with Crippen LogP contribution in [0.15, 0.2) is 0 Å². The maximum atomic E-state index is 11.3. The zero-order chi connectivity index (χ0) is 14.0. The van der Waals surface area contributed by atoms with Gasteiger partial charge in [-0.3, -0.25) is 4.79 Å². The highest BCUT2D eigenvalue weighted by atomic mass is 16.6. The molecule has 0 spiro atoms. The molecule has 1 aliphatic rings. The van der Waals surface area contributed by atoms with E-state index in [1.54, 1.807) is 0 Å². The van der Waals surface area contributed by atoms with Gasteiger partial charge in [-0.15, -0.1) is 0 Å². The molecule has 0 unspecified atom stereocenters. The smallest absolute Gasteiger partial charge is 0.407 e. The normalized spacial score (nSPS) is 18.3. The predicted octanol–water partition coefficient (Wildman–Crippen LogP) is 0.910. The molecule has 0 radical (unpaired) electrons. The van der Waals surface area contributed by atoms with Gasteiger partial charge in [-0.05, 0) is 46.2 Å². The summed E-state index contributed by atoms with van der Waals surface area (Å²) >= 11 is 0. The Hall–Kier alpha value is -1.30. The standard InChI is InChI=1S/C10H20N2O2.C2H4O2/c1-10(2,3)14-9(13)12-7-8-4-5-11-6-8;1-4-2-3/h8,11H,4-7H2,1-3H3,(H,12,13);2H,1H3/t8-;/m0./s1. The molecule has 6 heteroatoms. The third kappa shape index (κ3) is 9.89. The van der Waals surface area contributed by atoms with Gasteiger partial charge in [0.2, 0.25) is 0 Å². The van der Waals surface area contributed by atoms with Crippen LogP contribution in [0.4, 0.5) is 4.79 Å². The van der Waals surface area contributed by atoms with Crippen LogP contribution in [0, 0.1) is 5.92 Å². The number of rotatable bonds is 3. The van der Waals surface area contributed by atoms with Crippen LogP contribution in [-0.2, 0) is 14.3 Å². The third-order valence-electron chi connectivity index (χ3n) is 2.19. The molecule has 0 bridgehead atoms. The van der Waals surface area contributed by atoms with E-state index in [0.29, 0.717) is 18.9 Å². The van der Waals surface area contributed by atoms with Crippen LogP contribution in [0.1, 0.15) is 27.2 Å². The van der Waals surface area contributed by atoms with Gasteiger partial charge in [-0.25, -0.2) is 4.79 Å². The fraction of sp³-hybridized carbons (Fsp3) is 0.833. The first kappa shape index (κ1) is 16.7. The zero-order valence-corrected chi connectivity index (χ0v) is 11.6. The first-order valence-corrected chi connectivity index (χ1v) is 6.03. The Morgan fingerprint density at radius 1 is 1.50 bits per heavy atom. The van der Waals surface area contributed by atoms with Crippen molar-refractivity contribution < 1.29 is 19.1 Å². The Kier molecular flexibility index (Phi) is 8.11. The number of hydrogen-bond acceptors (Lipinski definition) is 5. The number of alkyl carbamates (subject to hydrolysis) is 1. The average molecular weight is 260 g/mol. The van der Waals surface area contributed by atoms with E-state index in [0.717, 1.165) is 19.5 Å². The number of amides is 1. The van der Waals surface area contributed by atoms with Crippen molar-refractivity contribution in [1.82, 2.24) is 10.6 Å². The van der Waals surface area contributed by atoms with Crippen molar-refractivity contribution in [2.24, 2.45) is 5.92 Å². The third-order valence-corrected chi connectivity index (χ3v) is 2.19. The molecule has 1 rings (SSSR count). The van der Waals surface area contributed by atoms with Gasteiger partial charge in [0, 0.05) is 6.54 Å². The van der Waals surface area contributed by atoms with Crippen LogP contribution in [-0.4, -0.2) is 44.9 Å². The van der Waals surface area contributed by atoms with Gasteiger partial charge >= 0.3 is 6.09 Å². The molecule has 2 N–H and O–H groups in total. The van der Waals surface area contributed by atoms with Crippen molar-refractivity contribution in [1.29, 1.82) is 0 Å². The second-order valence-corrected chi connectivity index (χ2v) is 5.07. The Labute approximate surface area is 108 Å². The second kappa shape index (κ2) is 8.74. The molecule has 0 aliphatic carbocycles. The molecule has 0 aromatic carbocycles. The summed E-state index contributed by atoms with van der Waals surface area (Å²) in [5.74, 6) is 0.558. The second-order valence-electron chi connectivity index (χ2n) is 5.07. The minimum atomic E-state index is -0.405. The maximum absolute atomic E-state index is 11.3. The molecule has 6 nitrogen and oxygen atoms in total. The van der Waals surface area contributed by atoms with Gasteiger partial charge in [0.15, 0.2) is 0 Å². The van der Waals surface area contributed by atoms with E-state index in [4.69, 9.17) is 9.53 Å². The lowest BCUT2D eigenvalue weighted by Gasteiger charge is -2.20. The summed E-state index contributed by atoms with van der Waals surface area (Å²) in [6, 6.07) is 0. The Morgan fingerprint density at radius 3 is 2.50 bits per heavy atom. The van der Waals surface area contributed by atoms with Crippen molar-refractivity contribution in [3.8, 4) is 0 Å². The first-order valence-electron chi connectivity index (χ1n) is 6.03. The molecule has 1 heterocycles. The largest absolute Gasteiger partial charge is 0.471 e. The number of carbonyl (C=O) groups excluding carboxylic acids is 2. The number of ether oxygens (including phenoxy) is 2. The highest BCUT2D eigenvalue weighted by molar-refractivity contribution is 5.67. The summed E-state index contributed by atoms with van der Waals surface area (Å²) in [5, 5.41) is 6.03. The highest BCUT2D eigenvalue weighted by Gasteiger charge is 2.18. The van der Waals surface area contributed by atoms with Crippen LogP contribution in [0.25, 0.3) is 0 Å². The quantitative estimate of drug-likeness (QED) is 0.738. The molecule has 1 amide bonds. The van der Waals surface area contributed by atoms with Gasteiger partial charge in [-0.2, -0.15) is 0 Å². The van der Waals surface area contributed by atoms with E-state index in [9.17, 15) is 4.79 Å². The minimum absolute atomic E-state index is 0.315. The fourth-order valence-electron chi connectivity index (χ4n) is 1.43. The summed E-state index contributed by atoms with van der Waals surface area (Å²) in [5.41, 5.74) is -0.405. The first-order chi connectivity index (χ1) is 8.39. The summed E-state index contributed by atoms with van der Waals surface area (Å²) in [6.07, 6.45) is 0.819. The molecular formula is C12H24N2O4. The van der Waals surface area contributed by atoms with E-state index < -0.39 is 5.60 Å². The van der Waals surface area contributed by atoms with E-state index in [-0.39, 0.29) is 6.09 Å². The van der Waals surface area contributed by atoms with Crippen molar-refractivity contribution in [3.05, 3.63) is 0 Å². The topological polar surface area (TPSA) is 76.7 Å². The number of carbonyl (C=O) groups is 2. The van der Waals surface area contributed by atoms with Crippen molar-refractivity contribution in [2.75, 3.05) is 26.7 Å². The zero-order valence-electron chi connectivity index (χ0n) is 11.6. The van der Waals surface area contributed by atoms with Crippen LogP contribution in [0.5, 0.6) is 0 Å². The average Bonchev–Trinajstić information content (AvgIpc) is 2.77. The van der Waals surface area contributed by atoms with Crippen molar-refractivity contribution >= 4 is 12.6 Å². The molecule has 0 aromatic rings. The predicted molar refractivity (Wildman–Crippen MR) is 68.3 cm³/mol. The highest BCUT2D eigenvalue weighted by Crippen LogP contribution is 2.08. The minimum Gasteiger partial charge on any atom is -0.471 e. The van der Waals surface area contributed by atoms with E-state index in [1.807, 2.05) is 20.8 Å². The lowest BCUT2D eigenvalue weighted by Crippen LogP contribution is -2.35. The summed E-state index contributed by atoms with van der Waals surface area (Å²) < 4.78 is 8.99. The van der Waals surface area contributed by atoms with E-state index in [1.165, 1.54) is 7.11 Å². The van der Waals surface area contributed by atoms with Crippen LogP contribution in [0.3, 0.4) is 0 Å². The lowest BCUT2D eigenvalue weighted by molar-refractivity contribution is -0.126. The molecular weight excluding hydrogens is 236 g/mol. The van der Waals surface area contributed by atoms with Gasteiger partial charge in [-0.1, -0.05) is 0 Å². The molecule has 1 aliphatic heterocycles. The number of hydrogen-bond donors (Lipinski definition) is 2. The maximum Gasteiger partial charge on any atom is 0.407 e. The van der Waals surface area contributed by atoms with Gasteiger partial charge < -0.3 is 20.1 Å². The summed E-state index contributed by atoms with van der Waals surface area (Å²) in [4.78, 5) is 20.2. The van der Waals surface area contributed by atoms with Crippen LogP contribution >= 0.6 is 0 Å². The SMILES string of the molecule is CC(C)(C)OC(=O)NC[C@H]1CCNC1.COC=O. The Morgan fingerprint density at radius 2 is 2.11 bits per heavy atom. The number of methoxy groups -OCH3 is 1. The van der Waals surface area contributed by atoms with Gasteiger partial charge in [0.25, 0.3) is 6.47 Å². The monoisotopic (exact) mass is 260 g/mol. The van der Waals surface area contributed by atoms with E-state index >= 15 is 0 Å². The Balaban J connectivity index is 0.000000631. The summed E-state index contributed by atoms with van der Waals surface area (Å²) in [7, 11) is 1.31.